The summed E-state index contributed by atoms with van der Waals surface area (Å²) in [4.78, 5) is 17.1. The fraction of sp³-hybridized carbons (Fsp3) is 0.400. The van der Waals surface area contributed by atoms with Crippen LogP contribution < -0.4 is 5.32 Å². The summed E-state index contributed by atoms with van der Waals surface area (Å²) in [6.07, 6.45) is 9.41. The van der Waals surface area contributed by atoms with E-state index in [2.05, 4.69) is 16.4 Å². The number of nitrogens with zero attached hydrogens (tertiary/aromatic N) is 3. The Bertz CT molecular complexity index is 764. The summed E-state index contributed by atoms with van der Waals surface area (Å²) in [6.45, 7) is 0. The number of aromatic nitrogens is 2. The van der Waals surface area contributed by atoms with E-state index in [9.17, 15) is 10.1 Å². The van der Waals surface area contributed by atoms with Gasteiger partial charge in [-0.15, -0.1) is 11.3 Å². The van der Waals surface area contributed by atoms with Crippen LogP contribution in [-0.4, -0.2) is 20.8 Å². The minimum absolute atomic E-state index is 0.273. The third kappa shape index (κ3) is 2.87. The standard InChI is InChI=1S/C15H15ClN4OS/c16-13-11(20-8-9-22-14(20)18-13)4-5-12(21)19-15(10-17)6-2-1-3-7-15/h4-5,8-9H,1-3,6-7H2,(H,19,21)/b5-4+. The first-order valence-electron chi connectivity index (χ1n) is 7.16. The molecular formula is C15H15ClN4OS. The first-order chi connectivity index (χ1) is 10.6. The predicted octanol–water partition coefficient (Wildman–Crippen LogP) is 3.41. The van der Waals surface area contributed by atoms with Gasteiger partial charge in [0.05, 0.1) is 11.8 Å². The summed E-state index contributed by atoms with van der Waals surface area (Å²) >= 11 is 7.56. The smallest absolute Gasteiger partial charge is 0.245 e. The molecular weight excluding hydrogens is 320 g/mol. The van der Waals surface area contributed by atoms with E-state index in [4.69, 9.17) is 11.6 Å². The molecule has 0 atom stereocenters. The van der Waals surface area contributed by atoms with Crippen molar-refractivity contribution in [3.05, 3.63) is 28.5 Å². The first kappa shape index (κ1) is 15.1. The van der Waals surface area contributed by atoms with Crippen LogP contribution >= 0.6 is 22.9 Å². The van der Waals surface area contributed by atoms with Crippen LogP contribution in [0.15, 0.2) is 17.7 Å². The minimum Gasteiger partial charge on any atom is -0.334 e. The van der Waals surface area contributed by atoms with Gasteiger partial charge in [-0.2, -0.15) is 5.26 Å². The maximum absolute atomic E-state index is 12.1. The van der Waals surface area contributed by atoms with Gasteiger partial charge in [0.25, 0.3) is 0 Å². The maximum atomic E-state index is 12.1. The number of imidazole rings is 1. The molecule has 0 aromatic carbocycles. The zero-order valence-electron chi connectivity index (χ0n) is 11.9. The highest BCUT2D eigenvalue weighted by atomic mass is 35.5. The lowest BCUT2D eigenvalue weighted by molar-refractivity contribution is -0.118. The van der Waals surface area contributed by atoms with Crippen molar-refractivity contribution in [2.75, 3.05) is 0 Å². The van der Waals surface area contributed by atoms with Gasteiger partial charge in [-0.1, -0.05) is 30.9 Å². The van der Waals surface area contributed by atoms with Crippen molar-refractivity contribution < 1.29 is 4.79 Å². The van der Waals surface area contributed by atoms with Crippen LogP contribution in [0.1, 0.15) is 37.8 Å². The summed E-state index contributed by atoms with van der Waals surface area (Å²) in [6, 6.07) is 2.27. The Labute approximate surface area is 137 Å². The average Bonchev–Trinajstić information content (AvgIpc) is 3.07. The molecule has 1 fully saturated rings. The van der Waals surface area contributed by atoms with E-state index < -0.39 is 5.54 Å². The quantitative estimate of drug-likeness (QED) is 0.874. The van der Waals surface area contributed by atoms with E-state index in [1.807, 2.05) is 16.0 Å². The van der Waals surface area contributed by atoms with Crippen LogP contribution in [0.4, 0.5) is 0 Å². The minimum atomic E-state index is -0.724. The fourth-order valence-corrected chi connectivity index (χ4v) is 3.78. The summed E-state index contributed by atoms with van der Waals surface area (Å²) in [5.41, 5.74) is -0.0544. The molecule has 2 heterocycles. The molecule has 0 spiro atoms. The second-order valence-corrected chi connectivity index (χ2v) is 6.65. The Hall–Kier alpha value is -1.84. The number of hydrogen-bond donors (Lipinski definition) is 1. The van der Waals surface area contributed by atoms with Crippen molar-refractivity contribution in [2.24, 2.45) is 0 Å². The Balaban J connectivity index is 1.75. The normalized spacial score (nSPS) is 17.6. The lowest BCUT2D eigenvalue weighted by Gasteiger charge is -2.30. The van der Waals surface area contributed by atoms with Gasteiger partial charge >= 0.3 is 0 Å². The molecule has 1 N–H and O–H groups in total. The van der Waals surface area contributed by atoms with Crippen molar-refractivity contribution in [3.63, 3.8) is 0 Å². The molecule has 1 amide bonds. The zero-order valence-corrected chi connectivity index (χ0v) is 13.5. The average molecular weight is 335 g/mol. The van der Waals surface area contributed by atoms with Crippen molar-refractivity contribution >= 4 is 39.9 Å². The molecule has 5 nitrogen and oxygen atoms in total. The van der Waals surface area contributed by atoms with Crippen molar-refractivity contribution in [1.29, 1.82) is 5.26 Å². The molecule has 1 saturated carbocycles. The molecule has 2 aromatic heterocycles. The number of fused-ring (bicyclic) bond motifs is 1. The summed E-state index contributed by atoms with van der Waals surface area (Å²) in [5.74, 6) is -0.273. The van der Waals surface area contributed by atoms with Gasteiger partial charge in [0.1, 0.15) is 5.54 Å². The number of carbonyl (C=O) groups is 1. The molecule has 1 aliphatic rings. The number of amides is 1. The van der Waals surface area contributed by atoms with Crippen molar-refractivity contribution in [1.82, 2.24) is 14.7 Å². The molecule has 0 radical (unpaired) electrons. The Kier molecular flexibility index (Phi) is 4.19. The van der Waals surface area contributed by atoms with Gasteiger partial charge in [-0.3, -0.25) is 9.20 Å². The topological polar surface area (TPSA) is 70.2 Å². The van der Waals surface area contributed by atoms with Crippen LogP contribution in [0.25, 0.3) is 11.0 Å². The Morgan fingerprint density at radius 3 is 3.00 bits per heavy atom. The van der Waals surface area contributed by atoms with E-state index in [-0.39, 0.29) is 5.91 Å². The third-order valence-electron chi connectivity index (χ3n) is 3.93. The van der Waals surface area contributed by atoms with E-state index >= 15 is 0 Å². The third-order valence-corrected chi connectivity index (χ3v) is 4.97. The van der Waals surface area contributed by atoms with Crippen LogP contribution in [-0.2, 0) is 4.79 Å². The highest BCUT2D eigenvalue weighted by molar-refractivity contribution is 7.15. The predicted molar refractivity (Wildman–Crippen MR) is 86.7 cm³/mol. The number of halogens is 1. The van der Waals surface area contributed by atoms with Crippen LogP contribution in [0.3, 0.4) is 0 Å². The number of thiazole rings is 1. The molecule has 114 valence electrons. The number of nitriles is 1. The number of nitrogens with one attached hydrogen (secondary N) is 1. The number of carbonyl (C=O) groups excluding carboxylic acids is 1. The van der Waals surface area contributed by atoms with Gasteiger partial charge in [0.2, 0.25) is 5.91 Å². The molecule has 1 aliphatic carbocycles. The van der Waals surface area contributed by atoms with E-state index in [1.165, 1.54) is 17.4 Å². The van der Waals surface area contributed by atoms with E-state index in [1.54, 1.807) is 6.08 Å². The largest absolute Gasteiger partial charge is 0.334 e. The van der Waals surface area contributed by atoms with Gasteiger partial charge < -0.3 is 5.32 Å². The molecule has 3 rings (SSSR count). The lowest BCUT2D eigenvalue weighted by Crippen LogP contribution is -2.48. The first-order valence-corrected chi connectivity index (χ1v) is 8.42. The fourth-order valence-electron chi connectivity index (χ4n) is 2.78. The van der Waals surface area contributed by atoms with E-state index in [0.29, 0.717) is 23.7 Å². The van der Waals surface area contributed by atoms with Crippen LogP contribution in [0.2, 0.25) is 5.15 Å². The SMILES string of the molecule is N#CC1(NC(=O)/C=C/c2c(Cl)nc3sccn23)CCCCC1. The van der Waals surface area contributed by atoms with E-state index in [0.717, 1.165) is 24.2 Å². The van der Waals surface area contributed by atoms with Gasteiger partial charge in [-0.05, 0) is 18.9 Å². The lowest BCUT2D eigenvalue weighted by atomic mass is 9.83. The summed E-state index contributed by atoms with van der Waals surface area (Å²) < 4.78 is 1.83. The van der Waals surface area contributed by atoms with Crippen LogP contribution in [0, 0.1) is 11.3 Å². The highest BCUT2D eigenvalue weighted by Crippen LogP contribution is 2.27. The van der Waals surface area contributed by atoms with Gasteiger partial charge in [0, 0.05) is 17.7 Å². The van der Waals surface area contributed by atoms with Gasteiger partial charge in [0.15, 0.2) is 10.1 Å². The Morgan fingerprint density at radius 1 is 1.50 bits per heavy atom. The number of rotatable bonds is 3. The zero-order chi connectivity index (χ0) is 15.6. The van der Waals surface area contributed by atoms with Crippen LogP contribution in [0.5, 0.6) is 0 Å². The molecule has 0 unspecified atom stereocenters. The molecule has 0 bridgehead atoms. The highest BCUT2D eigenvalue weighted by Gasteiger charge is 2.32. The van der Waals surface area contributed by atoms with Gasteiger partial charge in [-0.25, -0.2) is 4.98 Å². The second kappa shape index (κ2) is 6.11. The molecule has 22 heavy (non-hydrogen) atoms. The second-order valence-electron chi connectivity index (χ2n) is 5.42. The molecule has 0 aliphatic heterocycles. The van der Waals surface area contributed by atoms with Crippen molar-refractivity contribution in [3.8, 4) is 6.07 Å². The molecule has 0 saturated heterocycles. The summed E-state index contributed by atoms with van der Waals surface area (Å²) in [7, 11) is 0. The summed E-state index contributed by atoms with van der Waals surface area (Å²) in [5, 5.41) is 14.5. The molecule has 2 aromatic rings. The number of hydrogen-bond acceptors (Lipinski definition) is 4. The van der Waals surface area contributed by atoms with Crippen molar-refractivity contribution in [2.45, 2.75) is 37.6 Å². The molecule has 7 heteroatoms. The maximum Gasteiger partial charge on any atom is 0.245 e. The monoisotopic (exact) mass is 334 g/mol. The Morgan fingerprint density at radius 2 is 2.27 bits per heavy atom.